The Labute approximate surface area is 62.6 Å². The zero-order chi connectivity index (χ0) is 7.21. The molecule has 2 N–H and O–H groups in total. The van der Waals surface area contributed by atoms with Crippen LogP contribution in [0.15, 0.2) is 0 Å². The van der Waals surface area contributed by atoms with Gasteiger partial charge in [-0.25, -0.2) is 18.8 Å². The van der Waals surface area contributed by atoms with Crippen LogP contribution >= 0.6 is 0 Å². The number of nitrogens with zero attached hydrogens (tertiary/aromatic N) is 1. The minimum Gasteiger partial charge on any atom is -0.812 e. The Morgan fingerprint density at radius 1 is 1.56 bits per heavy atom. The van der Waals surface area contributed by atoms with Gasteiger partial charge in [0.2, 0.25) is 0 Å². The van der Waals surface area contributed by atoms with Gasteiger partial charge in [-0.3, -0.25) is 0 Å². The molecule has 57 valence electrons. The van der Waals surface area contributed by atoms with Crippen LogP contribution in [-0.4, -0.2) is 13.0 Å². The van der Waals surface area contributed by atoms with Crippen LogP contribution in [-0.2, 0) is 27.4 Å². The standard InChI is InChI=1S/CHNO.Cu.H3NO3S/c2-1-3;;1-5(2,3)4/h3H;;(H3,1,2,3,4)/q;+2;/p-2. The molecule has 0 atom stereocenters. The molecule has 9 heavy (non-hydrogen) atoms. The minimum absolute atomic E-state index is 0. The summed E-state index contributed by atoms with van der Waals surface area (Å²) in [5, 5.41) is 18.8. The van der Waals surface area contributed by atoms with Gasteiger partial charge >= 0.3 is 17.1 Å². The number of hydrogen-bond acceptors (Lipinski definition) is 5. The van der Waals surface area contributed by atoms with Crippen LogP contribution in [0.4, 0.5) is 0 Å². The van der Waals surface area contributed by atoms with Gasteiger partial charge in [0, 0.05) is 6.26 Å². The van der Waals surface area contributed by atoms with Crippen molar-refractivity contribution in [1.29, 1.82) is 5.26 Å². The first-order valence-corrected chi connectivity index (χ1v) is 2.63. The van der Waals surface area contributed by atoms with E-state index in [1.165, 1.54) is 0 Å². The minimum atomic E-state index is -4.42. The van der Waals surface area contributed by atoms with E-state index in [2.05, 4.69) is 5.14 Å². The molecule has 0 aromatic heterocycles. The third kappa shape index (κ3) is 2410. The molecule has 0 aromatic rings. The Kier molecular flexibility index (Phi) is 13.5. The maximum atomic E-state index is 8.85. The molecule has 0 aliphatic rings. The molecule has 1 radical (unpaired) electrons. The summed E-state index contributed by atoms with van der Waals surface area (Å²) in [6.07, 6.45) is 0.500. The summed E-state index contributed by atoms with van der Waals surface area (Å²) in [6, 6.07) is 0. The molecule has 0 aliphatic carbocycles. The van der Waals surface area contributed by atoms with Crippen LogP contribution in [0.2, 0.25) is 0 Å². The molecule has 0 saturated heterocycles. The van der Waals surface area contributed by atoms with Crippen LogP contribution in [0.1, 0.15) is 0 Å². The fourth-order valence-corrected chi connectivity index (χ4v) is 0. The number of nitriles is 1. The van der Waals surface area contributed by atoms with E-state index in [0.717, 1.165) is 0 Å². The van der Waals surface area contributed by atoms with E-state index in [0.29, 0.717) is 6.26 Å². The summed E-state index contributed by atoms with van der Waals surface area (Å²) in [6.45, 7) is 0. The van der Waals surface area contributed by atoms with Gasteiger partial charge in [-0.2, -0.15) is 0 Å². The van der Waals surface area contributed by atoms with Crippen molar-refractivity contribution in [3.8, 4) is 6.26 Å². The SMILES string of the molecule is N#C[O-].NS(=O)(=O)[O-].[Cu+2]. The predicted octanol–water partition coefficient (Wildman–Crippen LogP) is -2.77. The summed E-state index contributed by atoms with van der Waals surface area (Å²) in [7, 11) is -4.42. The van der Waals surface area contributed by atoms with Crippen molar-refractivity contribution >= 4 is 10.3 Å². The summed E-state index contributed by atoms with van der Waals surface area (Å²) >= 11 is 0. The van der Waals surface area contributed by atoms with Crippen LogP contribution in [0.5, 0.6) is 0 Å². The average Bonchev–Trinajstić information content (AvgIpc) is 1.27. The van der Waals surface area contributed by atoms with Crippen molar-refractivity contribution in [1.82, 2.24) is 0 Å². The van der Waals surface area contributed by atoms with Gasteiger partial charge in [0.1, 0.15) is 0 Å². The summed E-state index contributed by atoms with van der Waals surface area (Å²) in [4.78, 5) is 0. The smallest absolute Gasteiger partial charge is 0.812 e. The largest absolute Gasteiger partial charge is 2.00 e. The van der Waals surface area contributed by atoms with E-state index in [1.807, 2.05) is 0 Å². The first-order valence-electron chi connectivity index (χ1n) is 1.16. The van der Waals surface area contributed by atoms with E-state index >= 15 is 0 Å². The zero-order valence-corrected chi connectivity index (χ0v) is 5.63. The van der Waals surface area contributed by atoms with Gasteiger partial charge < -0.3 is 9.66 Å². The second kappa shape index (κ2) is 7.68. The van der Waals surface area contributed by atoms with E-state index in [1.54, 1.807) is 0 Å². The molecule has 0 amide bonds. The first kappa shape index (κ1) is 15.9. The van der Waals surface area contributed by atoms with Crippen LogP contribution in [0.25, 0.3) is 0 Å². The molecular weight excluding hydrogens is 200 g/mol. The second-order valence-corrected chi connectivity index (χ2v) is 1.57. The van der Waals surface area contributed by atoms with E-state index in [4.69, 9.17) is 23.3 Å². The van der Waals surface area contributed by atoms with Crippen LogP contribution in [0, 0.1) is 11.5 Å². The molecule has 0 aliphatic heterocycles. The molecule has 0 saturated carbocycles. The molecular formula is CH2CuN2O4S. The van der Waals surface area contributed by atoms with Gasteiger partial charge in [0.05, 0.1) is 0 Å². The molecule has 0 bridgehead atoms. The van der Waals surface area contributed by atoms with Gasteiger partial charge in [-0.1, -0.05) is 0 Å². The third-order valence-corrected chi connectivity index (χ3v) is 0. The summed E-state index contributed by atoms with van der Waals surface area (Å²) in [5.74, 6) is 0. The fourth-order valence-electron chi connectivity index (χ4n) is 0. The van der Waals surface area contributed by atoms with E-state index < -0.39 is 10.3 Å². The predicted molar refractivity (Wildman–Crippen MR) is 19.5 cm³/mol. The fraction of sp³-hybridized carbons (Fsp3) is 0. The first-order chi connectivity index (χ1) is 3.41. The van der Waals surface area contributed by atoms with E-state index in [9.17, 15) is 0 Å². The third-order valence-electron chi connectivity index (χ3n) is 0. The van der Waals surface area contributed by atoms with Crippen molar-refractivity contribution in [3.05, 3.63) is 0 Å². The average molecular weight is 202 g/mol. The van der Waals surface area contributed by atoms with Crippen LogP contribution in [0.3, 0.4) is 0 Å². The number of hydrogen-bond donors (Lipinski definition) is 1. The van der Waals surface area contributed by atoms with E-state index in [-0.39, 0.29) is 17.1 Å². The molecule has 0 heterocycles. The molecule has 6 nitrogen and oxygen atoms in total. The van der Waals surface area contributed by atoms with Crippen molar-refractivity contribution in [3.63, 3.8) is 0 Å². The monoisotopic (exact) mass is 201 g/mol. The van der Waals surface area contributed by atoms with Crippen molar-refractivity contribution in [2.45, 2.75) is 0 Å². The van der Waals surface area contributed by atoms with Gasteiger partial charge in [0.25, 0.3) is 0 Å². The quantitative estimate of drug-likeness (QED) is 0.258. The van der Waals surface area contributed by atoms with Crippen LogP contribution < -0.4 is 10.2 Å². The second-order valence-electron chi connectivity index (χ2n) is 0.584. The van der Waals surface area contributed by atoms with Crippen molar-refractivity contribution in [2.75, 3.05) is 0 Å². The summed E-state index contributed by atoms with van der Waals surface area (Å²) in [5.41, 5.74) is 0. The van der Waals surface area contributed by atoms with Crippen molar-refractivity contribution < 1.29 is 35.1 Å². The molecule has 0 fully saturated rings. The Morgan fingerprint density at radius 3 is 1.56 bits per heavy atom. The Balaban J connectivity index is -0.0000000800. The molecule has 0 rings (SSSR count). The topological polar surface area (TPSA) is 130 Å². The molecule has 8 heteroatoms. The maximum Gasteiger partial charge on any atom is 2.00 e. The normalized spacial score (nSPS) is 7.22. The zero-order valence-electron chi connectivity index (χ0n) is 3.87. The number of nitrogens with two attached hydrogens (primary N) is 1. The molecule has 0 aromatic carbocycles. The maximum absolute atomic E-state index is 8.85. The Hall–Kier alpha value is -0.321. The van der Waals surface area contributed by atoms with Gasteiger partial charge in [-0.15, -0.1) is 0 Å². The molecule has 0 spiro atoms. The van der Waals surface area contributed by atoms with Gasteiger partial charge in [0.15, 0.2) is 10.3 Å². The number of rotatable bonds is 0. The summed E-state index contributed by atoms with van der Waals surface area (Å²) < 4.78 is 26.6. The molecule has 0 unspecified atom stereocenters. The van der Waals surface area contributed by atoms with Gasteiger partial charge in [-0.05, 0) is 0 Å². The Morgan fingerprint density at radius 2 is 1.56 bits per heavy atom. The van der Waals surface area contributed by atoms with Crippen molar-refractivity contribution in [2.24, 2.45) is 5.14 Å². The Bertz CT molecular complexity index is 159.